The van der Waals surface area contributed by atoms with Crippen LogP contribution < -0.4 is 5.73 Å². The molecular weight excluding hydrogens is 270 g/mol. The first kappa shape index (κ1) is 11.6. The van der Waals surface area contributed by atoms with Gasteiger partial charge in [-0.15, -0.1) is 11.3 Å². The lowest BCUT2D eigenvalue weighted by molar-refractivity contribution is 0.320. The molecule has 1 heterocycles. The average Bonchev–Trinajstić information content (AvgIpc) is 2.66. The van der Waals surface area contributed by atoms with Crippen LogP contribution in [-0.4, -0.2) is 0 Å². The van der Waals surface area contributed by atoms with Gasteiger partial charge in [-0.3, -0.25) is 0 Å². The van der Waals surface area contributed by atoms with E-state index < -0.39 is 0 Å². The van der Waals surface area contributed by atoms with Crippen molar-refractivity contribution in [3.63, 3.8) is 0 Å². The van der Waals surface area contributed by atoms with Crippen molar-refractivity contribution in [2.45, 2.75) is 44.6 Å². The minimum Gasteiger partial charge on any atom is -0.323 e. The van der Waals surface area contributed by atoms with Gasteiger partial charge in [-0.25, -0.2) is 0 Å². The first-order valence-corrected chi connectivity index (χ1v) is 7.43. The van der Waals surface area contributed by atoms with Crippen LogP contribution in [0.4, 0.5) is 0 Å². The maximum atomic E-state index is 6.25. The first-order valence-electron chi connectivity index (χ1n) is 5.76. The summed E-state index contributed by atoms with van der Waals surface area (Å²) in [5.41, 5.74) is 6.25. The van der Waals surface area contributed by atoms with Gasteiger partial charge >= 0.3 is 0 Å². The van der Waals surface area contributed by atoms with E-state index >= 15 is 0 Å². The molecular formula is C12H18BrNS. The van der Waals surface area contributed by atoms with Gasteiger partial charge in [0.05, 0.1) is 0 Å². The lowest BCUT2D eigenvalue weighted by atomic mass is 9.85. The molecule has 0 amide bonds. The second-order valence-electron chi connectivity index (χ2n) is 4.48. The van der Waals surface area contributed by atoms with Crippen molar-refractivity contribution in [2.75, 3.05) is 0 Å². The summed E-state index contributed by atoms with van der Waals surface area (Å²) >= 11 is 5.34. The van der Waals surface area contributed by atoms with Gasteiger partial charge in [0.2, 0.25) is 0 Å². The minimum absolute atomic E-state index is 0.238. The van der Waals surface area contributed by atoms with Crippen molar-refractivity contribution in [2.24, 2.45) is 11.7 Å². The van der Waals surface area contributed by atoms with E-state index in [1.54, 1.807) is 11.3 Å². The summed E-state index contributed by atoms with van der Waals surface area (Å²) in [6.07, 6.45) is 8.17. The quantitative estimate of drug-likeness (QED) is 0.871. The number of hydrogen-bond donors (Lipinski definition) is 1. The molecule has 15 heavy (non-hydrogen) atoms. The maximum Gasteiger partial charge on any atom is 0.0403 e. The largest absolute Gasteiger partial charge is 0.323 e. The summed E-state index contributed by atoms with van der Waals surface area (Å²) in [5.74, 6) is 0.864. The predicted molar refractivity (Wildman–Crippen MR) is 70.1 cm³/mol. The Balaban J connectivity index is 1.91. The highest BCUT2D eigenvalue weighted by molar-refractivity contribution is 9.10. The molecule has 0 spiro atoms. The second-order valence-corrected chi connectivity index (χ2v) is 6.28. The first-order chi connectivity index (χ1) is 7.27. The summed E-state index contributed by atoms with van der Waals surface area (Å²) in [5, 5.41) is 2.11. The van der Waals surface area contributed by atoms with Crippen LogP contribution in [0.2, 0.25) is 0 Å². The molecule has 84 valence electrons. The smallest absolute Gasteiger partial charge is 0.0403 e. The fourth-order valence-electron chi connectivity index (χ4n) is 2.46. The number of nitrogens with two attached hydrogens (primary N) is 1. The van der Waals surface area contributed by atoms with Crippen molar-refractivity contribution in [3.05, 3.63) is 20.8 Å². The van der Waals surface area contributed by atoms with Gasteiger partial charge in [0.1, 0.15) is 0 Å². The Morgan fingerprint density at radius 3 is 2.73 bits per heavy atom. The van der Waals surface area contributed by atoms with E-state index in [9.17, 15) is 0 Å². The van der Waals surface area contributed by atoms with Crippen molar-refractivity contribution >= 4 is 27.3 Å². The monoisotopic (exact) mass is 287 g/mol. The molecule has 1 saturated carbocycles. The normalized spacial score (nSPS) is 20.4. The van der Waals surface area contributed by atoms with Gasteiger partial charge in [-0.1, -0.05) is 32.1 Å². The molecule has 1 unspecified atom stereocenters. The number of rotatable bonds is 3. The van der Waals surface area contributed by atoms with Crippen LogP contribution in [0, 0.1) is 5.92 Å². The van der Waals surface area contributed by atoms with E-state index in [-0.39, 0.29) is 6.04 Å². The topological polar surface area (TPSA) is 26.0 Å². The molecule has 2 rings (SSSR count). The van der Waals surface area contributed by atoms with E-state index in [4.69, 9.17) is 5.73 Å². The van der Waals surface area contributed by atoms with Gasteiger partial charge in [0.15, 0.2) is 0 Å². The van der Waals surface area contributed by atoms with Crippen LogP contribution in [0.25, 0.3) is 0 Å². The molecule has 1 aromatic rings. The third-order valence-electron chi connectivity index (χ3n) is 3.29. The van der Waals surface area contributed by atoms with E-state index in [0.717, 1.165) is 5.92 Å². The molecule has 0 bridgehead atoms. The Bertz CT molecular complexity index is 304. The number of halogens is 1. The van der Waals surface area contributed by atoms with Gasteiger partial charge in [-0.2, -0.15) is 0 Å². The summed E-state index contributed by atoms with van der Waals surface area (Å²) in [6.45, 7) is 0. The number of hydrogen-bond acceptors (Lipinski definition) is 2. The molecule has 1 fully saturated rings. The average molecular weight is 288 g/mol. The fourth-order valence-corrected chi connectivity index (χ4v) is 4.14. The van der Waals surface area contributed by atoms with Crippen LogP contribution >= 0.6 is 27.3 Å². The van der Waals surface area contributed by atoms with Gasteiger partial charge in [0.25, 0.3) is 0 Å². The van der Waals surface area contributed by atoms with Crippen LogP contribution in [0.1, 0.15) is 49.4 Å². The van der Waals surface area contributed by atoms with E-state index in [2.05, 4.69) is 27.4 Å². The molecule has 0 aliphatic heterocycles. The molecule has 1 atom stereocenters. The van der Waals surface area contributed by atoms with Crippen LogP contribution in [-0.2, 0) is 0 Å². The lowest BCUT2D eigenvalue weighted by Crippen LogP contribution is -2.16. The van der Waals surface area contributed by atoms with Gasteiger partial charge in [-0.05, 0) is 39.7 Å². The molecule has 1 aromatic heterocycles. The molecule has 1 aliphatic carbocycles. The van der Waals surface area contributed by atoms with Crippen LogP contribution in [0.3, 0.4) is 0 Å². The Labute approximate surface area is 104 Å². The summed E-state index contributed by atoms with van der Waals surface area (Å²) in [6, 6.07) is 2.34. The van der Waals surface area contributed by atoms with Crippen LogP contribution in [0.15, 0.2) is 15.9 Å². The van der Waals surface area contributed by atoms with Crippen molar-refractivity contribution in [3.8, 4) is 0 Å². The van der Waals surface area contributed by atoms with Crippen molar-refractivity contribution in [1.29, 1.82) is 0 Å². The standard InChI is InChI=1S/C12H18BrNS/c13-10-6-7-15-12(10)11(14)8-9-4-2-1-3-5-9/h6-7,9,11H,1-5,8,14H2. The summed E-state index contributed by atoms with van der Waals surface area (Å²) < 4.78 is 1.19. The van der Waals surface area contributed by atoms with Gasteiger partial charge in [0, 0.05) is 15.4 Å². The molecule has 1 nitrogen and oxygen atoms in total. The highest BCUT2D eigenvalue weighted by Gasteiger charge is 2.19. The van der Waals surface area contributed by atoms with Crippen LogP contribution in [0.5, 0.6) is 0 Å². The van der Waals surface area contributed by atoms with Crippen molar-refractivity contribution < 1.29 is 0 Å². The summed E-state index contributed by atoms with van der Waals surface area (Å²) in [7, 11) is 0. The Morgan fingerprint density at radius 1 is 1.40 bits per heavy atom. The zero-order valence-corrected chi connectivity index (χ0v) is 11.3. The lowest BCUT2D eigenvalue weighted by Gasteiger charge is -2.24. The third kappa shape index (κ3) is 3.05. The van der Waals surface area contributed by atoms with E-state index in [0.29, 0.717) is 0 Å². The highest BCUT2D eigenvalue weighted by Crippen LogP contribution is 2.35. The molecule has 1 aliphatic rings. The highest BCUT2D eigenvalue weighted by atomic mass is 79.9. The fraction of sp³-hybridized carbons (Fsp3) is 0.667. The predicted octanol–water partition coefficient (Wildman–Crippen LogP) is 4.48. The molecule has 2 N–H and O–H groups in total. The minimum atomic E-state index is 0.238. The SMILES string of the molecule is NC(CC1CCCCC1)c1sccc1Br. The van der Waals surface area contributed by atoms with E-state index in [1.807, 2.05) is 0 Å². The molecule has 3 heteroatoms. The Kier molecular flexibility index (Phi) is 4.23. The van der Waals surface area contributed by atoms with E-state index in [1.165, 1.54) is 47.9 Å². The van der Waals surface area contributed by atoms with Gasteiger partial charge < -0.3 is 5.73 Å². The summed E-state index contributed by atoms with van der Waals surface area (Å²) in [4.78, 5) is 1.32. The Morgan fingerprint density at radius 2 is 2.13 bits per heavy atom. The van der Waals surface area contributed by atoms with Crippen molar-refractivity contribution in [1.82, 2.24) is 0 Å². The molecule has 0 radical (unpaired) electrons. The number of thiophene rings is 1. The zero-order valence-electron chi connectivity index (χ0n) is 8.92. The maximum absolute atomic E-state index is 6.25. The zero-order chi connectivity index (χ0) is 10.7. The molecule has 0 aromatic carbocycles. The molecule has 0 saturated heterocycles. The second kappa shape index (κ2) is 5.46. The third-order valence-corrected chi connectivity index (χ3v) is 5.30. The Hall–Kier alpha value is 0.140.